The molecule has 1 fully saturated rings. The SMILES string of the molecule is Cc1ccc([C@H]2CCN(C(=O)c3ccc(CS(=O)(=O)c4ccccc4C)o3)C2)cc1. The van der Waals surface area contributed by atoms with Crippen molar-refractivity contribution < 1.29 is 17.6 Å². The van der Waals surface area contributed by atoms with Crippen LogP contribution in [0.15, 0.2) is 70.0 Å². The van der Waals surface area contributed by atoms with Crippen LogP contribution in [0, 0.1) is 13.8 Å². The number of benzene rings is 2. The van der Waals surface area contributed by atoms with Crippen LogP contribution in [0.25, 0.3) is 0 Å². The maximum atomic E-state index is 12.9. The average molecular weight is 424 g/mol. The molecule has 0 bridgehead atoms. The van der Waals surface area contributed by atoms with Gasteiger partial charge < -0.3 is 9.32 Å². The van der Waals surface area contributed by atoms with E-state index in [1.807, 2.05) is 0 Å². The molecule has 0 N–H and O–H groups in total. The van der Waals surface area contributed by atoms with Crippen LogP contribution < -0.4 is 0 Å². The third-order valence-electron chi connectivity index (χ3n) is 5.66. The zero-order chi connectivity index (χ0) is 21.3. The summed E-state index contributed by atoms with van der Waals surface area (Å²) in [6, 6.07) is 18.4. The Labute approximate surface area is 177 Å². The van der Waals surface area contributed by atoms with Crippen molar-refractivity contribution in [3.63, 3.8) is 0 Å². The lowest BCUT2D eigenvalue weighted by molar-refractivity contribution is 0.0757. The Morgan fingerprint density at radius 1 is 1.03 bits per heavy atom. The Bertz CT molecular complexity index is 1160. The van der Waals surface area contributed by atoms with Crippen LogP contribution in [0.5, 0.6) is 0 Å². The van der Waals surface area contributed by atoms with Crippen molar-refractivity contribution in [3.05, 3.63) is 88.9 Å². The Balaban J connectivity index is 1.44. The smallest absolute Gasteiger partial charge is 0.289 e. The van der Waals surface area contributed by atoms with E-state index in [4.69, 9.17) is 4.42 Å². The molecule has 1 atom stereocenters. The summed E-state index contributed by atoms with van der Waals surface area (Å²) in [5.74, 6) is 0.317. The van der Waals surface area contributed by atoms with E-state index in [2.05, 4.69) is 31.2 Å². The molecule has 3 aromatic rings. The lowest BCUT2D eigenvalue weighted by Gasteiger charge is -2.15. The van der Waals surface area contributed by atoms with E-state index in [0.717, 1.165) is 6.42 Å². The highest BCUT2D eigenvalue weighted by molar-refractivity contribution is 7.90. The first-order valence-corrected chi connectivity index (χ1v) is 11.7. The van der Waals surface area contributed by atoms with E-state index in [1.165, 1.54) is 11.1 Å². The second-order valence-corrected chi connectivity index (χ2v) is 9.90. The molecule has 6 heteroatoms. The molecular weight excluding hydrogens is 398 g/mol. The second kappa shape index (κ2) is 8.11. The molecule has 1 saturated heterocycles. The average Bonchev–Trinajstić information content (AvgIpc) is 3.38. The van der Waals surface area contributed by atoms with E-state index in [1.54, 1.807) is 48.2 Å². The van der Waals surface area contributed by atoms with Gasteiger partial charge >= 0.3 is 0 Å². The van der Waals surface area contributed by atoms with Gasteiger partial charge in [0.2, 0.25) is 0 Å². The molecule has 156 valence electrons. The number of sulfone groups is 1. The van der Waals surface area contributed by atoms with E-state index >= 15 is 0 Å². The van der Waals surface area contributed by atoms with Gasteiger partial charge in [-0.2, -0.15) is 0 Å². The van der Waals surface area contributed by atoms with Gasteiger partial charge in [-0.05, 0) is 49.6 Å². The summed E-state index contributed by atoms with van der Waals surface area (Å²) < 4.78 is 31.1. The van der Waals surface area contributed by atoms with Crippen molar-refractivity contribution in [1.82, 2.24) is 4.90 Å². The van der Waals surface area contributed by atoms with Gasteiger partial charge in [-0.15, -0.1) is 0 Å². The highest BCUT2D eigenvalue weighted by Gasteiger charge is 2.30. The van der Waals surface area contributed by atoms with Gasteiger partial charge in [-0.1, -0.05) is 48.0 Å². The summed E-state index contributed by atoms with van der Waals surface area (Å²) in [5.41, 5.74) is 3.15. The molecule has 2 aromatic carbocycles. The summed E-state index contributed by atoms with van der Waals surface area (Å²) in [4.78, 5) is 14.9. The van der Waals surface area contributed by atoms with Crippen molar-refractivity contribution in [2.75, 3.05) is 13.1 Å². The molecule has 1 aliphatic rings. The van der Waals surface area contributed by atoms with Crippen LogP contribution in [0.1, 0.15) is 45.3 Å². The fraction of sp³-hybridized carbons (Fsp3) is 0.292. The van der Waals surface area contributed by atoms with Crippen LogP contribution in [-0.2, 0) is 15.6 Å². The third-order valence-corrected chi connectivity index (χ3v) is 7.45. The van der Waals surface area contributed by atoms with Crippen LogP contribution in [0.3, 0.4) is 0 Å². The Morgan fingerprint density at radius 3 is 2.50 bits per heavy atom. The molecule has 2 heterocycles. The molecule has 0 aliphatic carbocycles. The summed E-state index contributed by atoms with van der Waals surface area (Å²) in [7, 11) is -3.54. The summed E-state index contributed by atoms with van der Waals surface area (Å²) in [6.07, 6.45) is 0.907. The van der Waals surface area contributed by atoms with Gasteiger partial charge in [0.25, 0.3) is 5.91 Å². The fourth-order valence-electron chi connectivity index (χ4n) is 3.95. The van der Waals surface area contributed by atoms with Crippen molar-refractivity contribution in [2.24, 2.45) is 0 Å². The van der Waals surface area contributed by atoms with Crippen molar-refractivity contribution in [3.8, 4) is 0 Å². The van der Waals surface area contributed by atoms with Gasteiger partial charge in [0, 0.05) is 19.0 Å². The first-order valence-electron chi connectivity index (χ1n) is 10.1. The number of hydrogen-bond donors (Lipinski definition) is 0. The van der Waals surface area contributed by atoms with Gasteiger partial charge in [-0.3, -0.25) is 4.79 Å². The minimum absolute atomic E-state index is 0.189. The number of likely N-dealkylation sites (tertiary alicyclic amines) is 1. The van der Waals surface area contributed by atoms with E-state index < -0.39 is 9.84 Å². The monoisotopic (exact) mass is 423 g/mol. The molecule has 5 nitrogen and oxygen atoms in total. The quantitative estimate of drug-likeness (QED) is 0.606. The molecule has 1 amide bonds. The maximum Gasteiger partial charge on any atom is 0.289 e. The summed E-state index contributed by atoms with van der Waals surface area (Å²) in [5, 5.41) is 0. The van der Waals surface area contributed by atoms with Crippen LogP contribution in [-0.4, -0.2) is 32.3 Å². The lowest BCUT2D eigenvalue weighted by atomic mass is 9.98. The molecule has 1 aliphatic heterocycles. The Hall–Kier alpha value is -2.86. The standard InChI is InChI=1S/C24H25NO4S/c1-17-7-9-19(10-8-17)20-13-14-25(15-20)24(26)22-12-11-21(29-22)16-30(27,28)23-6-4-3-5-18(23)2/h3-12,20H,13-16H2,1-2H3/t20-/m0/s1. The highest BCUT2D eigenvalue weighted by Crippen LogP contribution is 2.29. The molecule has 0 saturated carbocycles. The number of rotatable bonds is 5. The van der Waals surface area contributed by atoms with E-state index in [0.29, 0.717) is 24.6 Å². The number of hydrogen-bond acceptors (Lipinski definition) is 4. The van der Waals surface area contributed by atoms with Crippen molar-refractivity contribution in [2.45, 2.75) is 36.8 Å². The van der Waals surface area contributed by atoms with Gasteiger partial charge in [0.1, 0.15) is 11.5 Å². The van der Waals surface area contributed by atoms with E-state index in [9.17, 15) is 13.2 Å². The van der Waals surface area contributed by atoms with Crippen LogP contribution in [0.2, 0.25) is 0 Å². The molecule has 0 unspecified atom stereocenters. The summed E-state index contributed by atoms with van der Waals surface area (Å²) in [6.45, 7) is 5.12. The maximum absolute atomic E-state index is 12.9. The van der Waals surface area contributed by atoms with Crippen molar-refractivity contribution in [1.29, 1.82) is 0 Å². The topological polar surface area (TPSA) is 67.6 Å². The molecule has 4 rings (SSSR count). The zero-order valence-corrected chi connectivity index (χ0v) is 18.0. The minimum atomic E-state index is -3.54. The number of amides is 1. The van der Waals surface area contributed by atoms with Crippen molar-refractivity contribution >= 4 is 15.7 Å². The lowest BCUT2D eigenvalue weighted by Crippen LogP contribution is -2.28. The van der Waals surface area contributed by atoms with Gasteiger partial charge in [-0.25, -0.2) is 8.42 Å². The summed E-state index contributed by atoms with van der Waals surface area (Å²) >= 11 is 0. The van der Waals surface area contributed by atoms with E-state index in [-0.39, 0.29) is 28.1 Å². The molecular formula is C24H25NO4S. The number of carbonyl (C=O) groups is 1. The van der Waals surface area contributed by atoms with Crippen LogP contribution in [0.4, 0.5) is 0 Å². The number of nitrogens with zero attached hydrogens (tertiary/aromatic N) is 1. The Morgan fingerprint density at radius 2 is 1.77 bits per heavy atom. The Kier molecular flexibility index (Phi) is 5.52. The fourth-order valence-corrected chi connectivity index (χ4v) is 5.48. The molecule has 30 heavy (non-hydrogen) atoms. The normalized spacial score (nSPS) is 16.7. The molecule has 0 spiro atoms. The predicted molar refractivity (Wildman–Crippen MR) is 115 cm³/mol. The first kappa shape index (κ1) is 20.4. The molecule has 0 radical (unpaired) electrons. The minimum Gasteiger partial charge on any atom is -0.455 e. The first-order chi connectivity index (χ1) is 14.3. The van der Waals surface area contributed by atoms with Gasteiger partial charge in [0.15, 0.2) is 15.6 Å². The number of aryl methyl sites for hydroxylation is 2. The highest BCUT2D eigenvalue weighted by atomic mass is 32.2. The molecule has 1 aromatic heterocycles. The predicted octanol–water partition coefficient (Wildman–Crippen LogP) is 4.50. The number of furan rings is 1. The van der Waals surface area contributed by atoms with Gasteiger partial charge in [0.05, 0.1) is 4.90 Å². The zero-order valence-electron chi connectivity index (χ0n) is 17.2. The largest absolute Gasteiger partial charge is 0.455 e. The third kappa shape index (κ3) is 4.19. The second-order valence-electron chi connectivity index (χ2n) is 7.94. The van der Waals surface area contributed by atoms with Crippen LogP contribution >= 0.6 is 0 Å². The number of carbonyl (C=O) groups excluding carboxylic acids is 1.